The quantitative estimate of drug-likeness (QED) is 0.770. The highest BCUT2D eigenvalue weighted by molar-refractivity contribution is 6.30. The Morgan fingerprint density at radius 1 is 1.64 bits per heavy atom. The van der Waals surface area contributed by atoms with Gasteiger partial charge in [0.1, 0.15) is 18.2 Å². The maximum Gasteiger partial charge on any atom is 0.145 e. The van der Waals surface area contributed by atoms with Crippen LogP contribution >= 0.6 is 11.6 Å². The van der Waals surface area contributed by atoms with E-state index in [1.54, 1.807) is 6.07 Å². The molecule has 1 N–H and O–H groups in total. The van der Waals surface area contributed by atoms with E-state index in [-0.39, 0.29) is 11.1 Å². The molecule has 76 valence electrons. The zero-order chi connectivity index (χ0) is 10.1. The smallest absolute Gasteiger partial charge is 0.145 e. The second-order valence-corrected chi connectivity index (χ2v) is 3.40. The minimum Gasteiger partial charge on any atom is -0.491 e. The van der Waals surface area contributed by atoms with Crippen molar-refractivity contribution < 1.29 is 14.0 Å². The van der Waals surface area contributed by atoms with E-state index in [0.717, 1.165) is 5.56 Å². The van der Waals surface area contributed by atoms with Gasteiger partial charge in [0.25, 0.3) is 0 Å². The van der Waals surface area contributed by atoms with Gasteiger partial charge < -0.3 is 9.57 Å². The molecular weight excluding hydrogens is 209 g/mol. The van der Waals surface area contributed by atoms with Crippen molar-refractivity contribution >= 4 is 11.6 Å². The number of hydroxylamine groups is 1. The van der Waals surface area contributed by atoms with Crippen LogP contribution in [0.15, 0.2) is 12.1 Å². The van der Waals surface area contributed by atoms with E-state index in [2.05, 4.69) is 5.48 Å². The number of rotatable bonds is 2. The summed E-state index contributed by atoms with van der Waals surface area (Å²) in [7, 11) is 1.52. The highest BCUT2D eigenvalue weighted by atomic mass is 35.5. The first-order chi connectivity index (χ1) is 6.72. The summed E-state index contributed by atoms with van der Waals surface area (Å²) in [6.45, 7) is 0.420. The Labute approximate surface area is 85.7 Å². The highest BCUT2D eigenvalue weighted by Crippen LogP contribution is 2.35. The zero-order valence-corrected chi connectivity index (χ0v) is 8.27. The van der Waals surface area contributed by atoms with Crippen LogP contribution < -0.4 is 10.2 Å². The van der Waals surface area contributed by atoms with Gasteiger partial charge in [0, 0.05) is 11.6 Å². The Hall–Kier alpha value is -0.840. The van der Waals surface area contributed by atoms with Crippen molar-refractivity contribution in [1.82, 2.24) is 5.48 Å². The molecule has 0 amide bonds. The molecule has 5 heteroatoms. The predicted molar refractivity (Wildman–Crippen MR) is 49.8 cm³/mol. The molecule has 3 nitrogen and oxygen atoms in total. The third kappa shape index (κ3) is 1.56. The van der Waals surface area contributed by atoms with Gasteiger partial charge in [-0.2, -0.15) is 5.48 Å². The molecule has 0 bridgehead atoms. The average Bonchev–Trinajstić information content (AvgIpc) is 2.51. The Morgan fingerprint density at radius 2 is 2.43 bits per heavy atom. The Kier molecular flexibility index (Phi) is 2.58. The molecule has 1 aliphatic heterocycles. The number of hydrogen-bond donors (Lipinski definition) is 1. The third-order valence-corrected chi connectivity index (χ3v) is 2.38. The molecule has 1 aromatic rings. The largest absolute Gasteiger partial charge is 0.491 e. The van der Waals surface area contributed by atoms with Crippen LogP contribution in [0.3, 0.4) is 0 Å². The van der Waals surface area contributed by atoms with Crippen LogP contribution in [0, 0.1) is 5.82 Å². The maximum atomic E-state index is 13.0. The summed E-state index contributed by atoms with van der Waals surface area (Å²) in [4.78, 5) is 4.79. The number of hydrogen-bond acceptors (Lipinski definition) is 3. The summed E-state index contributed by atoms with van der Waals surface area (Å²) in [5.74, 6) is 0.0462. The number of nitrogens with one attached hydrogen (secondary N) is 1. The molecule has 0 aliphatic carbocycles. The lowest BCUT2D eigenvalue weighted by Gasteiger charge is -2.08. The molecule has 0 spiro atoms. The minimum absolute atomic E-state index is 0.0897. The first kappa shape index (κ1) is 9.71. The number of benzene rings is 1. The van der Waals surface area contributed by atoms with Gasteiger partial charge in [-0.25, -0.2) is 4.39 Å². The summed E-state index contributed by atoms with van der Waals surface area (Å²) in [5.41, 5.74) is 3.56. The SMILES string of the molecule is CONC1COc2cc(F)c(Cl)cc21. The lowest BCUT2D eigenvalue weighted by atomic mass is 10.1. The summed E-state index contributed by atoms with van der Waals surface area (Å²) in [5, 5.41) is 0.0946. The van der Waals surface area contributed by atoms with Crippen molar-refractivity contribution in [1.29, 1.82) is 0 Å². The number of ether oxygens (including phenoxy) is 1. The van der Waals surface area contributed by atoms with E-state index in [9.17, 15) is 4.39 Å². The molecule has 0 saturated carbocycles. The Balaban J connectivity index is 2.35. The predicted octanol–water partition coefficient (Wildman–Crippen LogP) is 2.06. The van der Waals surface area contributed by atoms with Crippen LogP contribution in [-0.2, 0) is 4.84 Å². The molecule has 0 saturated heterocycles. The molecular formula is C9H9ClFNO2. The molecule has 2 rings (SSSR count). The van der Waals surface area contributed by atoms with Gasteiger partial charge in [-0.1, -0.05) is 11.6 Å². The lowest BCUT2D eigenvalue weighted by molar-refractivity contribution is 0.0536. The van der Waals surface area contributed by atoms with Crippen molar-refractivity contribution in [2.24, 2.45) is 0 Å². The van der Waals surface area contributed by atoms with Crippen molar-refractivity contribution in [3.05, 3.63) is 28.5 Å². The normalized spacial score (nSPS) is 19.2. The molecule has 1 aromatic carbocycles. The fourth-order valence-electron chi connectivity index (χ4n) is 1.44. The van der Waals surface area contributed by atoms with E-state index in [4.69, 9.17) is 21.2 Å². The van der Waals surface area contributed by atoms with Crippen molar-refractivity contribution in [3.8, 4) is 5.75 Å². The van der Waals surface area contributed by atoms with Gasteiger partial charge in [-0.3, -0.25) is 0 Å². The van der Waals surface area contributed by atoms with Crippen LogP contribution in [0.2, 0.25) is 5.02 Å². The van der Waals surface area contributed by atoms with Crippen LogP contribution in [0.1, 0.15) is 11.6 Å². The second-order valence-electron chi connectivity index (χ2n) is 2.99. The lowest BCUT2D eigenvalue weighted by Crippen LogP contribution is -2.20. The van der Waals surface area contributed by atoms with Crippen molar-refractivity contribution in [2.45, 2.75) is 6.04 Å². The minimum atomic E-state index is -0.469. The summed E-state index contributed by atoms with van der Waals surface area (Å²) < 4.78 is 18.3. The fourth-order valence-corrected chi connectivity index (χ4v) is 1.62. The van der Waals surface area contributed by atoms with Crippen LogP contribution in [0.5, 0.6) is 5.75 Å². The topological polar surface area (TPSA) is 30.5 Å². The molecule has 14 heavy (non-hydrogen) atoms. The molecule has 0 aromatic heterocycles. The maximum absolute atomic E-state index is 13.0. The first-order valence-electron chi connectivity index (χ1n) is 4.12. The van der Waals surface area contributed by atoms with Crippen molar-refractivity contribution in [3.63, 3.8) is 0 Å². The van der Waals surface area contributed by atoms with Gasteiger partial charge in [-0.15, -0.1) is 0 Å². The van der Waals surface area contributed by atoms with Gasteiger partial charge >= 0.3 is 0 Å². The van der Waals surface area contributed by atoms with Gasteiger partial charge in [0.15, 0.2) is 0 Å². The average molecular weight is 218 g/mol. The molecule has 1 atom stereocenters. The van der Waals surface area contributed by atoms with Crippen LogP contribution in [0.4, 0.5) is 4.39 Å². The molecule has 1 heterocycles. The van der Waals surface area contributed by atoms with E-state index >= 15 is 0 Å². The molecule has 1 unspecified atom stereocenters. The van der Waals surface area contributed by atoms with Crippen LogP contribution in [-0.4, -0.2) is 13.7 Å². The Bertz CT molecular complexity index is 359. The van der Waals surface area contributed by atoms with Gasteiger partial charge in [0.05, 0.1) is 18.2 Å². The van der Waals surface area contributed by atoms with Gasteiger partial charge in [-0.05, 0) is 6.07 Å². The van der Waals surface area contributed by atoms with Crippen molar-refractivity contribution in [2.75, 3.05) is 13.7 Å². The number of halogens is 2. The summed E-state index contributed by atoms with van der Waals surface area (Å²) in [6, 6.07) is 2.75. The Morgan fingerprint density at radius 3 is 3.14 bits per heavy atom. The third-order valence-electron chi connectivity index (χ3n) is 2.09. The monoisotopic (exact) mass is 217 g/mol. The molecule has 1 aliphatic rings. The zero-order valence-electron chi connectivity index (χ0n) is 7.51. The van der Waals surface area contributed by atoms with E-state index in [1.807, 2.05) is 0 Å². The first-order valence-corrected chi connectivity index (χ1v) is 4.50. The van der Waals surface area contributed by atoms with E-state index in [1.165, 1.54) is 13.2 Å². The molecule has 0 fully saturated rings. The highest BCUT2D eigenvalue weighted by Gasteiger charge is 2.25. The van der Waals surface area contributed by atoms with Gasteiger partial charge in [0.2, 0.25) is 0 Å². The van der Waals surface area contributed by atoms with Crippen LogP contribution in [0.25, 0.3) is 0 Å². The molecule has 0 radical (unpaired) electrons. The van der Waals surface area contributed by atoms with E-state index < -0.39 is 5.82 Å². The number of fused-ring (bicyclic) bond motifs is 1. The summed E-state index contributed by atoms with van der Waals surface area (Å²) >= 11 is 5.66. The summed E-state index contributed by atoms with van der Waals surface area (Å²) in [6.07, 6.45) is 0. The van der Waals surface area contributed by atoms with E-state index in [0.29, 0.717) is 12.4 Å². The standard InChI is InChI=1S/C9H9ClFNO2/c1-13-12-8-4-14-9-3-7(11)6(10)2-5(8)9/h2-3,8,12H,4H2,1H3. The fraction of sp³-hybridized carbons (Fsp3) is 0.333. The second kappa shape index (κ2) is 3.73.